The average Bonchev–Trinajstić information content (AvgIpc) is 2.77. The maximum Gasteiger partial charge on any atom is 0.0944 e. The van der Waals surface area contributed by atoms with Crippen LogP contribution in [-0.4, -0.2) is 27.5 Å². The van der Waals surface area contributed by atoms with E-state index < -0.39 is 0 Å². The summed E-state index contributed by atoms with van der Waals surface area (Å²) in [6.07, 6.45) is 10.0. The predicted octanol–water partition coefficient (Wildman–Crippen LogP) is 3.19. The van der Waals surface area contributed by atoms with Gasteiger partial charge in [0, 0.05) is 5.41 Å². The Labute approximate surface area is 132 Å². The second-order valence-electron chi connectivity index (χ2n) is 8.60. The summed E-state index contributed by atoms with van der Waals surface area (Å²) in [5, 5.41) is 31.2. The number of aliphatic hydroxyl groups is 3. The fourth-order valence-electron chi connectivity index (χ4n) is 6.31. The van der Waals surface area contributed by atoms with Gasteiger partial charge in [0.2, 0.25) is 0 Å². The lowest BCUT2D eigenvalue weighted by atomic mass is 9.45. The SMILES string of the molecule is C[C@]12C=C[C@H](O)CC1C[C@H](O)[C@@H]1[C@@H]2CC[C@]2(C)C(O)=CC[C@@H]12. The summed E-state index contributed by atoms with van der Waals surface area (Å²) in [5.41, 5.74) is -0.0497. The van der Waals surface area contributed by atoms with E-state index >= 15 is 0 Å². The number of hydrogen-bond donors (Lipinski definition) is 3. The van der Waals surface area contributed by atoms with Gasteiger partial charge in [0.05, 0.1) is 18.0 Å². The van der Waals surface area contributed by atoms with Crippen LogP contribution in [0.25, 0.3) is 0 Å². The van der Waals surface area contributed by atoms with Crippen LogP contribution < -0.4 is 0 Å². The van der Waals surface area contributed by atoms with E-state index in [-0.39, 0.29) is 29.0 Å². The Morgan fingerprint density at radius 2 is 1.91 bits per heavy atom. The van der Waals surface area contributed by atoms with E-state index in [4.69, 9.17) is 0 Å². The van der Waals surface area contributed by atoms with Crippen LogP contribution in [0.2, 0.25) is 0 Å². The molecule has 0 aromatic heterocycles. The number of fused-ring (bicyclic) bond motifs is 5. The summed E-state index contributed by atoms with van der Waals surface area (Å²) < 4.78 is 0. The molecule has 0 amide bonds. The van der Waals surface area contributed by atoms with Gasteiger partial charge in [-0.25, -0.2) is 0 Å². The summed E-state index contributed by atoms with van der Waals surface area (Å²) in [6, 6.07) is 0. The Morgan fingerprint density at radius 3 is 2.68 bits per heavy atom. The van der Waals surface area contributed by atoms with Crippen LogP contribution in [0.3, 0.4) is 0 Å². The summed E-state index contributed by atoms with van der Waals surface area (Å²) >= 11 is 0. The fraction of sp³-hybridized carbons (Fsp3) is 0.789. The highest BCUT2D eigenvalue weighted by atomic mass is 16.3. The summed E-state index contributed by atoms with van der Waals surface area (Å²) in [4.78, 5) is 0. The van der Waals surface area contributed by atoms with E-state index in [1.165, 1.54) is 0 Å². The lowest BCUT2D eigenvalue weighted by Gasteiger charge is -2.60. The molecule has 0 aromatic carbocycles. The summed E-state index contributed by atoms with van der Waals surface area (Å²) in [5.74, 6) is 2.00. The molecule has 0 radical (unpaired) electrons. The fourth-order valence-corrected chi connectivity index (χ4v) is 6.31. The Bertz CT molecular complexity index is 539. The average molecular weight is 304 g/mol. The zero-order valence-corrected chi connectivity index (χ0v) is 13.6. The van der Waals surface area contributed by atoms with Crippen molar-refractivity contribution in [1.29, 1.82) is 0 Å². The van der Waals surface area contributed by atoms with Gasteiger partial charge >= 0.3 is 0 Å². The van der Waals surface area contributed by atoms with E-state index in [0.717, 1.165) is 32.1 Å². The molecule has 0 aliphatic heterocycles. The molecule has 1 unspecified atom stereocenters. The van der Waals surface area contributed by atoms with Crippen molar-refractivity contribution in [1.82, 2.24) is 0 Å². The summed E-state index contributed by atoms with van der Waals surface area (Å²) in [6.45, 7) is 4.50. The number of aliphatic hydroxyl groups excluding tert-OH is 3. The molecule has 4 aliphatic carbocycles. The monoisotopic (exact) mass is 304 g/mol. The largest absolute Gasteiger partial charge is 0.512 e. The molecule has 0 heterocycles. The van der Waals surface area contributed by atoms with Crippen molar-refractivity contribution in [3.63, 3.8) is 0 Å². The molecule has 0 spiro atoms. The Morgan fingerprint density at radius 1 is 1.14 bits per heavy atom. The van der Waals surface area contributed by atoms with Crippen LogP contribution in [0, 0.1) is 34.5 Å². The molecule has 2 fully saturated rings. The molecule has 4 aliphatic rings. The molecule has 3 N–H and O–H groups in total. The van der Waals surface area contributed by atoms with Crippen molar-refractivity contribution >= 4 is 0 Å². The molecule has 4 rings (SSSR count). The first-order chi connectivity index (χ1) is 10.4. The molecule has 3 nitrogen and oxygen atoms in total. The van der Waals surface area contributed by atoms with E-state index in [1.54, 1.807) is 0 Å². The quantitative estimate of drug-likeness (QED) is 0.602. The number of hydrogen-bond acceptors (Lipinski definition) is 3. The minimum Gasteiger partial charge on any atom is -0.512 e. The number of allylic oxidation sites excluding steroid dienone is 3. The Kier molecular flexibility index (Phi) is 3.09. The maximum absolute atomic E-state index is 10.9. The van der Waals surface area contributed by atoms with Gasteiger partial charge in [0.1, 0.15) is 0 Å². The van der Waals surface area contributed by atoms with Crippen molar-refractivity contribution in [3.05, 3.63) is 24.0 Å². The van der Waals surface area contributed by atoms with Gasteiger partial charge in [-0.3, -0.25) is 0 Å². The Hall–Kier alpha value is -0.800. The van der Waals surface area contributed by atoms with E-state index in [0.29, 0.717) is 23.5 Å². The van der Waals surface area contributed by atoms with Gasteiger partial charge in [-0.2, -0.15) is 0 Å². The van der Waals surface area contributed by atoms with Crippen LogP contribution in [0.5, 0.6) is 0 Å². The van der Waals surface area contributed by atoms with Crippen molar-refractivity contribution in [2.75, 3.05) is 0 Å². The lowest BCUT2D eigenvalue weighted by Crippen LogP contribution is -2.57. The zero-order chi connectivity index (χ0) is 15.7. The molecular formula is C19H28O3. The van der Waals surface area contributed by atoms with Crippen LogP contribution in [0.15, 0.2) is 24.0 Å². The van der Waals surface area contributed by atoms with Gasteiger partial charge in [0.15, 0.2) is 0 Å². The van der Waals surface area contributed by atoms with Gasteiger partial charge in [-0.05, 0) is 67.3 Å². The first kappa shape index (κ1) is 14.8. The van der Waals surface area contributed by atoms with Crippen LogP contribution in [0.1, 0.15) is 46.0 Å². The van der Waals surface area contributed by atoms with E-state index in [1.807, 2.05) is 12.2 Å². The van der Waals surface area contributed by atoms with Crippen LogP contribution in [0.4, 0.5) is 0 Å². The molecule has 8 atom stereocenters. The highest BCUT2D eigenvalue weighted by Crippen LogP contribution is 2.64. The minimum absolute atomic E-state index is 0.0860. The molecule has 122 valence electrons. The topological polar surface area (TPSA) is 60.7 Å². The molecule has 0 bridgehead atoms. The van der Waals surface area contributed by atoms with Crippen LogP contribution >= 0.6 is 0 Å². The molecule has 2 saturated carbocycles. The second kappa shape index (κ2) is 4.61. The molecule has 22 heavy (non-hydrogen) atoms. The zero-order valence-electron chi connectivity index (χ0n) is 13.6. The molecular weight excluding hydrogens is 276 g/mol. The van der Waals surface area contributed by atoms with Gasteiger partial charge in [0.25, 0.3) is 0 Å². The highest BCUT2D eigenvalue weighted by Gasteiger charge is 2.60. The summed E-state index contributed by atoms with van der Waals surface area (Å²) in [7, 11) is 0. The smallest absolute Gasteiger partial charge is 0.0944 e. The van der Waals surface area contributed by atoms with Crippen molar-refractivity contribution in [3.8, 4) is 0 Å². The number of rotatable bonds is 0. The lowest BCUT2D eigenvalue weighted by molar-refractivity contribution is -0.138. The highest BCUT2D eigenvalue weighted by molar-refractivity contribution is 5.24. The Balaban J connectivity index is 1.72. The second-order valence-corrected chi connectivity index (χ2v) is 8.60. The van der Waals surface area contributed by atoms with Crippen molar-refractivity contribution in [2.45, 2.75) is 58.2 Å². The predicted molar refractivity (Wildman–Crippen MR) is 85.1 cm³/mol. The van der Waals surface area contributed by atoms with E-state index in [9.17, 15) is 15.3 Å². The normalized spacial score (nSPS) is 56.8. The third-order valence-corrected chi connectivity index (χ3v) is 7.72. The first-order valence-electron chi connectivity index (χ1n) is 8.81. The minimum atomic E-state index is -0.354. The van der Waals surface area contributed by atoms with Gasteiger partial charge in [-0.15, -0.1) is 0 Å². The van der Waals surface area contributed by atoms with Gasteiger partial charge < -0.3 is 15.3 Å². The first-order valence-corrected chi connectivity index (χ1v) is 8.81. The van der Waals surface area contributed by atoms with Crippen LogP contribution in [-0.2, 0) is 0 Å². The van der Waals surface area contributed by atoms with Crippen molar-refractivity contribution in [2.24, 2.45) is 34.5 Å². The molecule has 3 heteroatoms. The third kappa shape index (κ3) is 1.75. The van der Waals surface area contributed by atoms with Crippen molar-refractivity contribution < 1.29 is 15.3 Å². The maximum atomic E-state index is 10.9. The standard InChI is InChI=1S/C19H28O3/c1-18-7-5-12(20)9-11(18)10-15(21)17-13-3-4-16(22)19(13,2)8-6-14(17)18/h4-5,7,11-15,17,20-22H,3,6,8-10H2,1-2H3/t11?,12-,13-,14-,15-,17-,18-,19-/m0/s1. The van der Waals surface area contributed by atoms with Gasteiger partial charge in [-0.1, -0.05) is 26.0 Å². The molecule has 0 saturated heterocycles. The molecule has 0 aromatic rings. The van der Waals surface area contributed by atoms with E-state index in [2.05, 4.69) is 19.9 Å². The third-order valence-electron chi connectivity index (χ3n) is 7.72.